The van der Waals surface area contributed by atoms with Crippen molar-refractivity contribution in [1.29, 1.82) is 0 Å². The van der Waals surface area contributed by atoms with E-state index in [4.69, 9.17) is 23.2 Å². The third-order valence-corrected chi connectivity index (χ3v) is 3.58. The van der Waals surface area contributed by atoms with Crippen molar-refractivity contribution in [3.8, 4) is 0 Å². The average Bonchev–Trinajstić information content (AvgIpc) is 2.32. The van der Waals surface area contributed by atoms with Crippen LogP contribution in [0.25, 0.3) is 0 Å². The van der Waals surface area contributed by atoms with E-state index in [1.807, 2.05) is 31.2 Å². The first-order valence-corrected chi connectivity index (χ1v) is 6.53. The van der Waals surface area contributed by atoms with Crippen LogP contribution in [0.2, 0.25) is 5.02 Å². The Morgan fingerprint density at radius 3 is 2.56 bits per heavy atom. The lowest BCUT2D eigenvalue weighted by atomic mass is 10.00. The number of aryl methyl sites for hydroxylation is 1. The van der Waals surface area contributed by atoms with E-state index in [2.05, 4.69) is 0 Å². The first kappa shape index (κ1) is 13.4. The Morgan fingerprint density at radius 1 is 1.17 bits per heavy atom. The Hall–Kier alpha value is -1.05. The molecule has 0 aliphatic rings. The Bertz CT molecular complexity index is 552. The minimum absolute atomic E-state index is 0.351. The average molecular weight is 283 g/mol. The summed E-state index contributed by atoms with van der Waals surface area (Å²) in [6.07, 6.45) is 0.604. The molecule has 0 nitrogen and oxygen atoms in total. The molecule has 3 heteroatoms. The molecule has 0 saturated heterocycles. The molecule has 0 aliphatic heterocycles. The van der Waals surface area contributed by atoms with E-state index in [0.29, 0.717) is 17.0 Å². The maximum Gasteiger partial charge on any atom is 0.129 e. The minimum Gasteiger partial charge on any atom is -0.207 e. The molecule has 0 saturated carbocycles. The summed E-state index contributed by atoms with van der Waals surface area (Å²) in [5.41, 5.74) is 2.79. The molecular formula is C15H13Cl2F. The summed E-state index contributed by atoms with van der Waals surface area (Å²) in [5.74, 6) is -0.351. The fourth-order valence-electron chi connectivity index (χ4n) is 1.90. The maximum atomic E-state index is 13.7. The van der Waals surface area contributed by atoms with Crippen LogP contribution in [0.3, 0.4) is 0 Å². The van der Waals surface area contributed by atoms with E-state index < -0.39 is 0 Å². The van der Waals surface area contributed by atoms with E-state index in [-0.39, 0.29) is 11.2 Å². The Labute approximate surface area is 116 Å². The summed E-state index contributed by atoms with van der Waals surface area (Å²) < 4.78 is 13.7. The van der Waals surface area contributed by atoms with Crippen molar-refractivity contribution >= 4 is 23.2 Å². The zero-order chi connectivity index (χ0) is 13.1. The van der Waals surface area contributed by atoms with Gasteiger partial charge in [0.2, 0.25) is 0 Å². The number of hydrogen-bond donors (Lipinski definition) is 0. The van der Waals surface area contributed by atoms with Gasteiger partial charge in [0.1, 0.15) is 5.82 Å². The summed E-state index contributed by atoms with van der Waals surface area (Å²) in [7, 11) is 0. The van der Waals surface area contributed by atoms with Gasteiger partial charge in [-0.25, -0.2) is 4.39 Å². The normalized spacial score (nSPS) is 12.4. The molecular weight excluding hydrogens is 270 g/mol. The number of rotatable bonds is 3. The Balaban J connectivity index is 2.22. The van der Waals surface area contributed by atoms with Crippen molar-refractivity contribution in [2.45, 2.75) is 18.7 Å². The second kappa shape index (κ2) is 5.73. The van der Waals surface area contributed by atoms with Crippen LogP contribution in [0.4, 0.5) is 4.39 Å². The van der Waals surface area contributed by atoms with Crippen LogP contribution >= 0.6 is 23.2 Å². The van der Waals surface area contributed by atoms with Gasteiger partial charge in [-0.1, -0.05) is 41.9 Å². The van der Waals surface area contributed by atoms with Gasteiger partial charge in [-0.2, -0.15) is 0 Å². The molecule has 1 atom stereocenters. The van der Waals surface area contributed by atoms with Gasteiger partial charge in [-0.3, -0.25) is 0 Å². The van der Waals surface area contributed by atoms with Crippen molar-refractivity contribution in [2.75, 3.05) is 0 Å². The lowest BCUT2D eigenvalue weighted by Crippen LogP contribution is -2.00. The van der Waals surface area contributed by atoms with Gasteiger partial charge in [0.15, 0.2) is 0 Å². The predicted molar refractivity (Wildman–Crippen MR) is 74.9 cm³/mol. The molecule has 0 amide bonds. The standard InChI is InChI=1S/C15H13Cl2F/c1-10-4-2-3-5-11(10)8-14(17)13-7-6-12(16)9-15(13)18/h2-7,9,14H,8H2,1H3. The molecule has 0 radical (unpaired) electrons. The van der Waals surface area contributed by atoms with E-state index in [0.717, 1.165) is 11.1 Å². The maximum absolute atomic E-state index is 13.7. The van der Waals surface area contributed by atoms with E-state index in [1.165, 1.54) is 6.07 Å². The van der Waals surface area contributed by atoms with Crippen LogP contribution in [-0.4, -0.2) is 0 Å². The summed E-state index contributed by atoms with van der Waals surface area (Å²) in [4.78, 5) is 0. The lowest BCUT2D eigenvalue weighted by molar-refractivity contribution is 0.606. The van der Waals surface area contributed by atoms with Crippen LogP contribution < -0.4 is 0 Å². The van der Waals surface area contributed by atoms with Gasteiger partial charge in [0.05, 0.1) is 5.38 Å². The van der Waals surface area contributed by atoms with E-state index in [1.54, 1.807) is 12.1 Å². The highest BCUT2D eigenvalue weighted by Gasteiger charge is 2.14. The molecule has 0 N–H and O–H groups in total. The Morgan fingerprint density at radius 2 is 1.89 bits per heavy atom. The zero-order valence-electron chi connectivity index (χ0n) is 9.96. The van der Waals surface area contributed by atoms with Gasteiger partial charge in [0, 0.05) is 10.6 Å². The van der Waals surface area contributed by atoms with Gasteiger partial charge >= 0.3 is 0 Å². The minimum atomic E-state index is -0.386. The highest BCUT2D eigenvalue weighted by Crippen LogP contribution is 2.29. The second-order valence-corrected chi connectivity index (χ2v) is 5.23. The number of benzene rings is 2. The molecule has 2 aromatic rings. The van der Waals surface area contributed by atoms with Gasteiger partial charge < -0.3 is 0 Å². The highest BCUT2D eigenvalue weighted by molar-refractivity contribution is 6.30. The zero-order valence-corrected chi connectivity index (χ0v) is 11.5. The summed E-state index contributed by atoms with van der Waals surface area (Å²) in [6, 6.07) is 12.6. The van der Waals surface area contributed by atoms with E-state index >= 15 is 0 Å². The van der Waals surface area contributed by atoms with Crippen molar-refractivity contribution in [3.63, 3.8) is 0 Å². The van der Waals surface area contributed by atoms with Crippen molar-refractivity contribution in [1.82, 2.24) is 0 Å². The number of hydrogen-bond acceptors (Lipinski definition) is 0. The van der Waals surface area contributed by atoms with Crippen molar-refractivity contribution < 1.29 is 4.39 Å². The molecule has 0 aliphatic carbocycles. The number of halogens is 3. The van der Waals surface area contributed by atoms with Crippen LogP contribution in [0.15, 0.2) is 42.5 Å². The molecule has 2 aromatic carbocycles. The predicted octanol–water partition coefficient (Wildman–Crippen LogP) is 5.31. The van der Waals surface area contributed by atoms with Crippen LogP contribution in [0.1, 0.15) is 22.1 Å². The molecule has 0 bridgehead atoms. The molecule has 0 aromatic heterocycles. The molecule has 0 fully saturated rings. The lowest BCUT2D eigenvalue weighted by Gasteiger charge is -2.13. The van der Waals surface area contributed by atoms with Gasteiger partial charge in [-0.05, 0) is 36.6 Å². The Kier molecular flexibility index (Phi) is 4.26. The smallest absolute Gasteiger partial charge is 0.129 e. The molecule has 18 heavy (non-hydrogen) atoms. The molecule has 94 valence electrons. The summed E-state index contributed by atoms with van der Waals surface area (Å²) >= 11 is 12.0. The molecule has 2 rings (SSSR count). The van der Waals surface area contributed by atoms with Gasteiger partial charge in [0.25, 0.3) is 0 Å². The molecule has 0 spiro atoms. The van der Waals surface area contributed by atoms with E-state index in [9.17, 15) is 4.39 Å². The SMILES string of the molecule is Cc1ccccc1CC(Cl)c1ccc(Cl)cc1F. The fraction of sp³-hybridized carbons (Fsp3) is 0.200. The monoisotopic (exact) mass is 282 g/mol. The third-order valence-electron chi connectivity index (χ3n) is 2.96. The summed E-state index contributed by atoms with van der Waals surface area (Å²) in [5, 5.41) is -0.000579. The third kappa shape index (κ3) is 3.04. The first-order chi connectivity index (χ1) is 8.58. The van der Waals surface area contributed by atoms with Crippen molar-refractivity contribution in [2.24, 2.45) is 0 Å². The van der Waals surface area contributed by atoms with Gasteiger partial charge in [-0.15, -0.1) is 11.6 Å². The van der Waals surface area contributed by atoms with Crippen molar-refractivity contribution in [3.05, 3.63) is 70.0 Å². The first-order valence-electron chi connectivity index (χ1n) is 5.71. The number of alkyl halides is 1. The fourth-order valence-corrected chi connectivity index (χ4v) is 2.40. The molecule has 0 heterocycles. The van der Waals surface area contributed by atoms with Crippen LogP contribution in [0.5, 0.6) is 0 Å². The van der Waals surface area contributed by atoms with Crippen LogP contribution in [-0.2, 0) is 6.42 Å². The molecule has 1 unspecified atom stereocenters. The highest BCUT2D eigenvalue weighted by atomic mass is 35.5. The second-order valence-electron chi connectivity index (χ2n) is 4.26. The quantitative estimate of drug-likeness (QED) is 0.669. The topological polar surface area (TPSA) is 0 Å². The largest absolute Gasteiger partial charge is 0.207 e. The van der Waals surface area contributed by atoms with Crippen LogP contribution in [0, 0.1) is 12.7 Å². The summed E-state index contributed by atoms with van der Waals surface area (Å²) in [6.45, 7) is 2.02.